The van der Waals surface area contributed by atoms with Crippen molar-refractivity contribution in [1.29, 1.82) is 0 Å². The first-order valence-corrected chi connectivity index (χ1v) is 8.17. The Morgan fingerprint density at radius 1 is 1.17 bits per heavy atom. The van der Waals surface area contributed by atoms with Crippen LogP contribution in [0.5, 0.6) is 0 Å². The number of carbonyl (C=O) groups is 1. The number of para-hydroxylation sites is 2. The second-order valence-corrected chi connectivity index (χ2v) is 5.83. The Labute approximate surface area is 141 Å². The molecule has 124 valence electrons. The first-order valence-electron chi connectivity index (χ1n) is 8.17. The molecule has 0 aliphatic carbocycles. The number of fused-ring (bicyclic) bond motifs is 1. The molecule has 0 bridgehead atoms. The zero-order chi connectivity index (χ0) is 16.9. The predicted octanol–water partition coefficient (Wildman–Crippen LogP) is 2.55. The molecule has 3 rings (SSSR count). The van der Waals surface area contributed by atoms with Gasteiger partial charge in [0.05, 0.1) is 11.0 Å². The topological polar surface area (TPSA) is 72.9 Å². The summed E-state index contributed by atoms with van der Waals surface area (Å²) in [6.07, 6.45) is 0.828. The molecule has 0 saturated heterocycles. The van der Waals surface area contributed by atoms with E-state index in [4.69, 9.17) is 5.73 Å². The van der Waals surface area contributed by atoms with E-state index >= 15 is 0 Å². The van der Waals surface area contributed by atoms with Crippen LogP contribution in [0.1, 0.15) is 23.9 Å². The van der Waals surface area contributed by atoms with Crippen LogP contribution in [0, 0.1) is 6.92 Å². The third-order valence-corrected chi connectivity index (χ3v) is 4.14. The Hall–Kier alpha value is -2.66. The van der Waals surface area contributed by atoms with Crippen molar-refractivity contribution < 1.29 is 4.79 Å². The minimum absolute atomic E-state index is 0.145. The Kier molecular flexibility index (Phi) is 4.91. The number of rotatable bonds is 6. The van der Waals surface area contributed by atoms with E-state index in [-0.39, 0.29) is 5.91 Å². The van der Waals surface area contributed by atoms with E-state index in [2.05, 4.69) is 20.9 Å². The average molecular weight is 322 g/mol. The van der Waals surface area contributed by atoms with Gasteiger partial charge in [-0.3, -0.25) is 4.79 Å². The molecule has 1 atom stereocenters. The lowest BCUT2D eigenvalue weighted by atomic mass is 10.1. The first-order chi connectivity index (χ1) is 11.7. The van der Waals surface area contributed by atoms with E-state index in [1.54, 1.807) is 0 Å². The molecule has 0 fully saturated rings. The lowest BCUT2D eigenvalue weighted by Crippen LogP contribution is -2.34. The number of nitrogens with zero attached hydrogens (tertiary/aromatic N) is 2. The third kappa shape index (κ3) is 3.46. The van der Waals surface area contributed by atoms with Gasteiger partial charge in [0.1, 0.15) is 11.9 Å². The Balaban J connectivity index is 1.53. The van der Waals surface area contributed by atoms with Crippen molar-refractivity contribution in [3.8, 4) is 0 Å². The zero-order valence-electron chi connectivity index (χ0n) is 13.8. The maximum atomic E-state index is 12.1. The Morgan fingerprint density at radius 3 is 2.67 bits per heavy atom. The van der Waals surface area contributed by atoms with Crippen LogP contribution in [0.25, 0.3) is 11.0 Å². The maximum absolute atomic E-state index is 12.1. The molecule has 0 aliphatic heterocycles. The molecule has 0 aliphatic rings. The quantitative estimate of drug-likeness (QED) is 0.685. The number of nitrogens with one attached hydrogen (secondary N) is 1. The summed E-state index contributed by atoms with van der Waals surface area (Å²) >= 11 is 0. The first kappa shape index (κ1) is 16.2. The molecule has 5 nitrogen and oxygen atoms in total. The Bertz CT molecular complexity index is 826. The number of benzene rings is 2. The number of hydrogen-bond acceptors (Lipinski definition) is 3. The van der Waals surface area contributed by atoms with Gasteiger partial charge in [0.2, 0.25) is 5.91 Å². The van der Waals surface area contributed by atoms with Gasteiger partial charge in [-0.1, -0.05) is 42.5 Å². The predicted molar refractivity (Wildman–Crippen MR) is 95.5 cm³/mol. The summed E-state index contributed by atoms with van der Waals surface area (Å²) in [5, 5.41) is 2.91. The van der Waals surface area contributed by atoms with Crippen LogP contribution in [0.3, 0.4) is 0 Å². The van der Waals surface area contributed by atoms with E-state index in [0.717, 1.165) is 35.4 Å². The average Bonchev–Trinajstić information content (AvgIpc) is 2.94. The summed E-state index contributed by atoms with van der Waals surface area (Å²) in [5.41, 5.74) is 8.94. The highest BCUT2D eigenvalue weighted by Crippen LogP contribution is 2.15. The summed E-state index contributed by atoms with van der Waals surface area (Å²) < 4.78 is 2.18. The lowest BCUT2D eigenvalue weighted by Gasteiger charge is -2.13. The summed E-state index contributed by atoms with van der Waals surface area (Å²) in [5.74, 6) is 0.844. The molecular formula is C19H22N4O. The van der Waals surface area contributed by atoms with Crippen molar-refractivity contribution in [3.05, 3.63) is 66.0 Å². The van der Waals surface area contributed by atoms with Crippen LogP contribution in [0.15, 0.2) is 54.6 Å². The van der Waals surface area contributed by atoms with Crippen molar-refractivity contribution in [2.45, 2.75) is 25.9 Å². The number of hydrogen-bond donors (Lipinski definition) is 2. The highest BCUT2D eigenvalue weighted by Gasteiger charge is 2.14. The highest BCUT2D eigenvalue weighted by atomic mass is 16.2. The van der Waals surface area contributed by atoms with Gasteiger partial charge < -0.3 is 15.6 Å². The molecule has 3 N–H and O–H groups in total. The standard InChI is InChI=1S/C19H22N4O/c1-14-22-16-10-5-6-11-17(16)23(14)13-7-12-21-19(24)18(20)15-8-3-2-4-9-15/h2-6,8-11,18H,7,12-13,20H2,1H3,(H,21,24). The fourth-order valence-corrected chi connectivity index (χ4v) is 2.85. The second-order valence-electron chi connectivity index (χ2n) is 5.83. The number of imidazole rings is 1. The molecule has 0 radical (unpaired) electrons. The fraction of sp³-hybridized carbons (Fsp3) is 0.263. The number of aryl methyl sites for hydroxylation is 2. The van der Waals surface area contributed by atoms with Crippen LogP contribution in [0.4, 0.5) is 0 Å². The van der Waals surface area contributed by atoms with E-state index in [9.17, 15) is 4.79 Å². The van der Waals surface area contributed by atoms with Gasteiger partial charge >= 0.3 is 0 Å². The largest absolute Gasteiger partial charge is 0.354 e. The van der Waals surface area contributed by atoms with Crippen molar-refractivity contribution in [3.63, 3.8) is 0 Å². The SMILES string of the molecule is Cc1nc2ccccc2n1CCCNC(=O)C(N)c1ccccc1. The molecule has 1 aromatic heterocycles. The summed E-state index contributed by atoms with van der Waals surface area (Å²) in [6.45, 7) is 3.41. The van der Waals surface area contributed by atoms with Gasteiger partial charge in [0, 0.05) is 13.1 Å². The molecule has 24 heavy (non-hydrogen) atoms. The summed E-state index contributed by atoms with van der Waals surface area (Å²) in [6, 6.07) is 16.9. The molecule has 1 amide bonds. The highest BCUT2D eigenvalue weighted by molar-refractivity contribution is 5.82. The van der Waals surface area contributed by atoms with Gasteiger partial charge in [-0.05, 0) is 31.0 Å². The van der Waals surface area contributed by atoms with Gasteiger partial charge in [0.25, 0.3) is 0 Å². The number of amides is 1. The third-order valence-electron chi connectivity index (χ3n) is 4.14. The van der Waals surface area contributed by atoms with Crippen LogP contribution in [-0.2, 0) is 11.3 Å². The number of nitrogens with two attached hydrogens (primary N) is 1. The van der Waals surface area contributed by atoms with E-state index in [0.29, 0.717) is 6.54 Å². The minimum atomic E-state index is -0.623. The van der Waals surface area contributed by atoms with Crippen LogP contribution in [-0.4, -0.2) is 22.0 Å². The van der Waals surface area contributed by atoms with Crippen LogP contribution >= 0.6 is 0 Å². The van der Waals surface area contributed by atoms with Gasteiger partial charge in [-0.25, -0.2) is 4.98 Å². The van der Waals surface area contributed by atoms with Crippen molar-refractivity contribution in [1.82, 2.24) is 14.9 Å². The Morgan fingerprint density at radius 2 is 1.88 bits per heavy atom. The number of aromatic nitrogens is 2. The molecule has 5 heteroatoms. The smallest absolute Gasteiger partial charge is 0.241 e. The van der Waals surface area contributed by atoms with E-state index < -0.39 is 6.04 Å². The molecule has 0 spiro atoms. The zero-order valence-corrected chi connectivity index (χ0v) is 13.8. The van der Waals surface area contributed by atoms with Gasteiger partial charge in [-0.15, -0.1) is 0 Å². The maximum Gasteiger partial charge on any atom is 0.241 e. The lowest BCUT2D eigenvalue weighted by molar-refractivity contribution is -0.122. The van der Waals surface area contributed by atoms with Gasteiger partial charge in [0.15, 0.2) is 0 Å². The monoisotopic (exact) mass is 322 g/mol. The van der Waals surface area contributed by atoms with E-state index in [1.165, 1.54) is 0 Å². The van der Waals surface area contributed by atoms with Crippen LogP contribution < -0.4 is 11.1 Å². The van der Waals surface area contributed by atoms with Crippen LogP contribution in [0.2, 0.25) is 0 Å². The molecule has 0 saturated carbocycles. The summed E-state index contributed by atoms with van der Waals surface area (Å²) in [7, 11) is 0. The van der Waals surface area contributed by atoms with Crippen molar-refractivity contribution >= 4 is 16.9 Å². The van der Waals surface area contributed by atoms with Crippen molar-refractivity contribution in [2.24, 2.45) is 5.73 Å². The molecular weight excluding hydrogens is 300 g/mol. The van der Waals surface area contributed by atoms with Gasteiger partial charge in [-0.2, -0.15) is 0 Å². The van der Waals surface area contributed by atoms with E-state index in [1.807, 2.05) is 55.5 Å². The second kappa shape index (κ2) is 7.27. The molecule has 2 aromatic carbocycles. The van der Waals surface area contributed by atoms with Crippen molar-refractivity contribution in [2.75, 3.05) is 6.54 Å². The normalized spacial score (nSPS) is 12.2. The molecule has 1 unspecified atom stereocenters. The molecule has 3 aromatic rings. The molecule has 1 heterocycles. The number of carbonyl (C=O) groups excluding carboxylic acids is 1. The summed E-state index contributed by atoms with van der Waals surface area (Å²) in [4.78, 5) is 16.7. The minimum Gasteiger partial charge on any atom is -0.354 e. The fourth-order valence-electron chi connectivity index (χ4n) is 2.85.